The summed E-state index contributed by atoms with van der Waals surface area (Å²) in [6.07, 6.45) is 4.93. The van der Waals surface area contributed by atoms with Crippen LogP contribution in [0.4, 0.5) is 0 Å². The molecular formula is C21H26ClN3O3. The Balaban J connectivity index is 1.30. The first kappa shape index (κ1) is 19.3. The first-order valence-electron chi connectivity index (χ1n) is 10.0. The van der Waals surface area contributed by atoms with Crippen molar-refractivity contribution in [1.29, 1.82) is 0 Å². The van der Waals surface area contributed by atoms with Crippen molar-refractivity contribution in [2.75, 3.05) is 26.3 Å². The topological polar surface area (TPSA) is 67.5 Å². The summed E-state index contributed by atoms with van der Waals surface area (Å²) in [6, 6.07) is 9.38. The van der Waals surface area contributed by atoms with E-state index in [4.69, 9.17) is 21.1 Å². The number of amides is 1. The molecule has 1 aromatic heterocycles. The normalized spacial score (nSPS) is 20.5. The van der Waals surface area contributed by atoms with Crippen LogP contribution in [0, 0.1) is 5.92 Å². The van der Waals surface area contributed by atoms with Crippen LogP contribution in [-0.4, -0.2) is 47.3 Å². The molecule has 1 aliphatic carbocycles. The molecule has 1 N–H and O–H groups in total. The van der Waals surface area contributed by atoms with Gasteiger partial charge < -0.3 is 14.4 Å². The van der Waals surface area contributed by atoms with Gasteiger partial charge in [0, 0.05) is 29.6 Å². The van der Waals surface area contributed by atoms with Crippen molar-refractivity contribution in [3.8, 4) is 5.75 Å². The Kier molecular flexibility index (Phi) is 6.17. The number of carbonyl (C=O) groups is 1. The molecule has 1 saturated heterocycles. The number of carbonyl (C=O) groups excluding carboxylic acids is 1. The van der Waals surface area contributed by atoms with Crippen molar-refractivity contribution < 1.29 is 14.3 Å². The molecular weight excluding hydrogens is 378 g/mol. The van der Waals surface area contributed by atoms with Crippen molar-refractivity contribution in [2.45, 2.75) is 38.2 Å². The maximum absolute atomic E-state index is 12.7. The van der Waals surface area contributed by atoms with Gasteiger partial charge in [0.15, 0.2) is 0 Å². The molecule has 1 saturated carbocycles. The zero-order valence-corrected chi connectivity index (χ0v) is 16.7. The molecule has 1 aliphatic heterocycles. The van der Waals surface area contributed by atoms with Crippen molar-refractivity contribution in [3.05, 3.63) is 46.7 Å². The van der Waals surface area contributed by atoms with Crippen LogP contribution in [0.15, 0.2) is 30.3 Å². The van der Waals surface area contributed by atoms with E-state index in [0.29, 0.717) is 37.7 Å². The molecule has 1 amide bonds. The zero-order valence-electron chi connectivity index (χ0n) is 15.9. The predicted octanol–water partition coefficient (Wildman–Crippen LogP) is 3.77. The summed E-state index contributed by atoms with van der Waals surface area (Å²) in [5.74, 6) is 1.25. The van der Waals surface area contributed by atoms with Crippen LogP contribution >= 0.6 is 11.6 Å². The van der Waals surface area contributed by atoms with Gasteiger partial charge in [0.25, 0.3) is 0 Å². The Morgan fingerprint density at radius 3 is 3.00 bits per heavy atom. The number of hydrogen-bond acceptors (Lipinski definition) is 4. The van der Waals surface area contributed by atoms with Crippen LogP contribution in [-0.2, 0) is 16.0 Å². The largest absolute Gasteiger partial charge is 0.493 e. The molecule has 0 spiro atoms. The average molecular weight is 404 g/mol. The minimum absolute atomic E-state index is 0.169. The number of nitrogens with zero attached hydrogens (tertiary/aromatic N) is 2. The summed E-state index contributed by atoms with van der Waals surface area (Å²) in [7, 11) is 0. The smallest absolute Gasteiger partial charge is 0.225 e. The van der Waals surface area contributed by atoms with E-state index in [2.05, 4.69) is 10.2 Å². The highest BCUT2D eigenvalue weighted by molar-refractivity contribution is 6.30. The molecule has 150 valence electrons. The number of rotatable bonds is 6. The molecule has 1 aromatic carbocycles. The fraction of sp³-hybridized carbons (Fsp3) is 0.524. The van der Waals surface area contributed by atoms with Gasteiger partial charge in [0.2, 0.25) is 5.91 Å². The SMILES string of the molecule is O=C(C1CCCC1)N1CCOC(c2cc(CCOc3cccc(Cl)c3)[nH]n2)C1. The number of H-pyrrole nitrogens is 1. The van der Waals surface area contributed by atoms with E-state index in [1.54, 1.807) is 6.07 Å². The van der Waals surface area contributed by atoms with Gasteiger partial charge in [-0.25, -0.2) is 0 Å². The summed E-state index contributed by atoms with van der Waals surface area (Å²) in [4.78, 5) is 14.7. The Hall–Kier alpha value is -2.05. The number of morpholine rings is 1. The highest BCUT2D eigenvalue weighted by Crippen LogP contribution is 2.29. The third-order valence-corrected chi connectivity index (χ3v) is 5.73. The quantitative estimate of drug-likeness (QED) is 0.797. The van der Waals surface area contributed by atoms with Gasteiger partial charge in [-0.1, -0.05) is 30.5 Å². The maximum atomic E-state index is 12.7. The summed E-state index contributed by atoms with van der Waals surface area (Å²) in [5.41, 5.74) is 1.83. The maximum Gasteiger partial charge on any atom is 0.225 e. The minimum atomic E-state index is -0.169. The summed E-state index contributed by atoms with van der Waals surface area (Å²) >= 11 is 5.97. The van der Waals surface area contributed by atoms with E-state index in [9.17, 15) is 4.79 Å². The number of ether oxygens (including phenoxy) is 2. The second kappa shape index (κ2) is 8.97. The van der Waals surface area contributed by atoms with Gasteiger partial charge in [-0.15, -0.1) is 0 Å². The molecule has 7 heteroatoms. The van der Waals surface area contributed by atoms with Crippen molar-refractivity contribution >= 4 is 17.5 Å². The molecule has 1 unspecified atom stereocenters. The van der Waals surface area contributed by atoms with Crippen molar-refractivity contribution in [2.24, 2.45) is 5.92 Å². The number of hydrogen-bond donors (Lipinski definition) is 1. The van der Waals surface area contributed by atoms with Crippen LogP contribution in [0.1, 0.15) is 43.2 Å². The summed E-state index contributed by atoms with van der Waals surface area (Å²) in [5, 5.41) is 8.13. The number of nitrogens with one attached hydrogen (secondary N) is 1. The number of aromatic nitrogens is 2. The Bertz CT molecular complexity index is 804. The lowest BCUT2D eigenvalue weighted by Crippen LogP contribution is -2.44. The first-order chi connectivity index (χ1) is 13.7. The highest BCUT2D eigenvalue weighted by atomic mass is 35.5. The molecule has 28 heavy (non-hydrogen) atoms. The van der Waals surface area contributed by atoms with E-state index < -0.39 is 0 Å². The van der Waals surface area contributed by atoms with Gasteiger partial charge in [-0.3, -0.25) is 9.89 Å². The molecule has 6 nitrogen and oxygen atoms in total. The van der Waals surface area contributed by atoms with E-state index in [-0.39, 0.29) is 17.9 Å². The van der Waals surface area contributed by atoms with Crippen LogP contribution < -0.4 is 4.74 Å². The molecule has 2 fully saturated rings. The standard InChI is InChI=1S/C21H26ClN3O3/c22-16-6-3-7-18(12-16)27-10-8-17-13-19(24-23-17)20-14-25(9-11-28-20)21(26)15-4-1-2-5-15/h3,6-7,12-13,15,20H,1-2,4-5,8-11,14H2,(H,23,24). The van der Waals surface area contributed by atoms with E-state index in [1.165, 1.54) is 12.8 Å². The molecule has 2 aromatic rings. The second-order valence-corrected chi connectivity index (χ2v) is 7.94. The van der Waals surface area contributed by atoms with Crippen molar-refractivity contribution in [3.63, 3.8) is 0 Å². The molecule has 0 radical (unpaired) electrons. The lowest BCUT2D eigenvalue weighted by Gasteiger charge is -2.33. The highest BCUT2D eigenvalue weighted by Gasteiger charge is 2.32. The second-order valence-electron chi connectivity index (χ2n) is 7.50. The molecule has 2 aliphatic rings. The van der Waals surface area contributed by atoms with Crippen LogP contribution in [0.2, 0.25) is 5.02 Å². The van der Waals surface area contributed by atoms with Crippen LogP contribution in [0.25, 0.3) is 0 Å². The Morgan fingerprint density at radius 1 is 1.32 bits per heavy atom. The van der Waals surface area contributed by atoms with E-state index in [1.807, 2.05) is 29.2 Å². The Labute approximate surface area is 170 Å². The monoisotopic (exact) mass is 403 g/mol. The number of benzene rings is 1. The van der Waals surface area contributed by atoms with Gasteiger partial charge in [-0.2, -0.15) is 5.10 Å². The fourth-order valence-corrected chi connectivity index (χ4v) is 4.15. The van der Waals surface area contributed by atoms with Gasteiger partial charge in [0.1, 0.15) is 11.9 Å². The number of halogens is 1. The van der Waals surface area contributed by atoms with E-state index in [0.717, 1.165) is 30.0 Å². The molecule has 1 atom stereocenters. The Morgan fingerprint density at radius 2 is 2.18 bits per heavy atom. The lowest BCUT2D eigenvalue weighted by molar-refractivity contribution is -0.143. The third kappa shape index (κ3) is 4.67. The number of aromatic amines is 1. The first-order valence-corrected chi connectivity index (χ1v) is 10.4. The van der Waals surface area contributed by atoms with Gasteiger partial charge in [-0.05, 0) is 37.1 Å². The predicted molar refractivity (Wildman–Crippen MR) is 106 cm³/mol. The minimum Gasteiger partial charge on any atom is -0.493 e. The van der Waals surface area contributed by atoms with Gasteiger partial charge in [0.05, 0.1) is 25.5 Å². The fourth-order valence-electron chi connectivity index (χ4n) is 3.97. The zero-order chi connectivity index (χ0) is 19.3. The van der Waals surface area contributed by atoms with Crippen LogP contribution in [0.5, 0.6) is 5.75 Å². The lowest BCUT2D eigenvalue weighted by atomic mass is 10.1. The molecule has 4 rings (SSSR count). The van der Waals surface area contributed by atoms with Gasteiger partial charge >= 0.3 is 0 Å². The van der Waals surface area contributed by atoms with Crippen molar-refractivity contribution in [1.82, 2.24) is 15.1 Å². The molecule has 2 heterocycles. The van der Waals surface area contributed by atoms with Crippen LogP contribution in [0.3, 0.4) is 0 Å². The molecule has 0 bridgehead atoms. The summed E-state index contributed by atoms with van der Waals surface area (Å²) in [6.45, 7) is 2.35. The van der Waals surface area contributed by atoms with E-state index >= 15 is 0 Å². The third-order valence-electron chi connectivity index (χ3n) is 5.50. The summed E-state index contributed by atoms with van der Waals surface area (Å²) < 4.78 is 11.6. The average Bonchev–Trinajstić information content (AvgIpc) is 3.40.